The molecule has 0 saturated carbocycles. The lowest BCUT2D eigenvalue weighted by molar-refractivity contribution is 0.148. The van der Waals surface area contributed by atoms with Crippen LogP contribution in [-0.2, 0) is 13.1 Å². The van der Waals surface area contributed by atoms with Gasteiger partial charge in [-0.2, -0.15) is 0 Å². The predicted octanol–water partition coefficient (Wildman–Crippen LogP) is 1.93. The van der Waals surface area contributed by atoms with Crippen molar-refractivity contribution in [1.82, 2.24) is 14.9 Å². The summed E-state index contributed by atoms with van der Waals surface area (Å²) in [5.41, 5.74) is -0.164. The summed E-state index contributed by atoms with van der Waals surface area (Å²) < 4.78 is 2.17. The highest BCUT2D eigenvalue weighted by Gasteiger charge is 2.24. The number of aromatic nitrogens is 2. The Hall–Kier alpha value is -0.870. The minimum atomic E-state index is -0.164. The third-order valence-corrected chi connectivity index (χ3v) is 3.54. The van der Waals surface area contributed by atoms with Gasteiger partial charge in [0, 0.05) is 24.5 Å². The highest BCUT2D eigenvalue weighted by Crippen LogP contribution is 2.15. The molecule has 1 aromatic heterocycles. The second kappa shape index (κ2) is 6.77. The molecule has 17 heavy (non-hydrogen) atoms. The lowest BCUT2D eigenvalue weighted by Gasteiger charge is -2.30. The van der Waals surface area contributed by atoms with Gasteiger partial charge in [0.2, 0.25) is 0 Å². The van der Waals surface area contributed by atoms with Crippen molar-refractivity contribution in [2.45, 2.75) is 58.7 Å². The molecule has 0 saturated heterocycles. The molecule has 0 aromatic carbocycles. The number of nitrogens with one attached hydrogen (secondary N) is 1. The molecule has 4 heteroatoms. The summed E-state index contributed by atoms with van der Waals surface area (Å²) >= 11 is 0. The van der Waals surface area contributed by atoms with E-state index in [2.05, 4.69) is 35.6 Å². The Labute approximate surface area is 104 Å². The Morgan fingerprint density at radius 3 is 2.59 bits per heavy atom. The van der Waals surface area contributed by atoms with E-state index in [-0.39, 0.29) is 12.1 Å². The van der Waals surface area contributed by atoms with Gasteiger partial charge in [-0.25, -0.2) is 4.98 Å². The molecule has 0 fully saturated rings. The van der Waals surface area contributed by atoms with E-state index in [9.17, 15) is 5.11 Å². The summed E-state index contributed by atoms with van der Waals surface area (Å²) in [6.45, 7) is 8.26. The van der Waals surface area contributed by atoms with Crippen molar-refractivity contribution in [3.63, 3.8) is 0 Å². The summed E-state index contributed by atoms with van der Waals surface area (Å²) in [7, 11) is 0. The molecule has 0 spiro atoms. The Morgan fingerprint density at radius 2 is 2.06 bits per heavy atom. The third kappa shape index (κ3) is 3.54. The Morgan fingerprint density at radius 1 is 1.35 bits per heavy atom. The van der Waals surface area contributed by atoms with Gasteiger partial charge >= 0.3 is 0 Å². The van der Waals surface area contributed by atoms with Crippen LogP contribution < -0.4 is 5.32 Å². The summed E-state index contributed by atoms with van der Waals surface area (Å²) in [6.07, 6.45) is 6.81. The van der Waals surface area contributed by atoms with Crippen molar-refractivity contribution >= 4 is 0 Å². The fraction of sp³-hybridized carbons (Fsp3) is 0.769. The van der Waals surface area contributed by atoms with Gasteiger partial charge in [-0.3, -0.25) is 0 Å². The van der Waals surface area contributed by atoms with E-state index in [1.54, 1.807) is 0 Å². The molecule has 1 heterocycles. The number of aliphatic hydroxyl groups is 1. The summed E-state index contributed by atoms with van der Waals surface area (Å²) in [5.74, 6) is 1.05. The second-order valence-corrected chi connectivity index (χ2v) is 4.54. The molecule has 2 N–H and O–H groups in total. The fourth-order valence-electron chi connectivity index (χ4n) is 2.00. The zero-order valence-corrected chi connectivity index (χ0v) is 11.2. The minimum Gasteiger partial charge on any atom is -0.394 e. The number of rotatable bonds is 8. The van der Waals surface area contributed by atoms with Crippen LogP contribution in [0.4, 0.5) is 0 Å². The van der Waals surface area contributed by atoms with Gasteiger partial charge in [-0.1, -0.05) is 20.8 Å². The molecule has 4 nitrogen and oxygen atoms in total. The molecule has 1 rings (SSSR count). The van der Waals surface area contributed by atoms with E-state index in [1.165, 1.54) is 0 Å². The van der Waals surface area contributed by atoms with Gasteiger partial charge in [-0.15, -0.1) is 0 Å². The lowest BCUT2D eigenvalue weighted by atomic mass is 9.94. The number of imidazole rings is 1. The second-order valence-electron chi connectivity index (χ2n) is 4.54. The number of aliphatic hydroxyl groups excluding tert-OH is 1. The van der Waals surface area contributed by atoms with Crippen LogP contribution in [0.15, 0.2) is 12.4 Å². The van der Waals surface area contributed by atoms with Crippen molar-refractivity contribution in [3.8, 4) is 0 Å². The Kier molecular flexibility index (Phi) is 5.65. The molecule has 98 valence electrons. The standard InChI is InChI=1S/C13H25N3O/c1-4-8-16-9-7-14-12(16)10-15-13(5-2,6-3)11-17/h7,9,15,17H,4-6,8,10-11H2,1-3H3. The first kappa shape index (κ1) is 14.2. The molecule has 0 aliphatic rings. The first-order valence-corrected chi connectivity index (χ1v) is 6.57. The normalized spacial score (nSPS) is 12.0. The maximum Gasteiger partial charge on any atom is 0.122 e. The molecule has 1 aromatic rings. The molecule has 0 bridgehead atoms. The third-order valence-electron chi connectivity index (χ3n) is 3.54. The molecular formula is C13H25N3O. The van der Waals surface area contributed by atoms with Gasteiger partial charge in [0.15, 0.2) is 0 Å². The van der Waals surface area contributed by atoms with Crippen LogP contribution in [0.2, 0.25) is 0 Å². The maximum atomic E-state index is 9.49. The number of aryl methyl sites for hydroxylation is 1. The van der Waals surface area contributed by atoms with Gasteiger partial charge in [0.1, 0.15) is 5.82 Å². The van der Waals surface area contributed by atoms with Crippen molar-refractivity contribution in [2.24, 2.45) is 0 Å². The first-order valence-electron chi connectivity index (χ1n) is 6.57. The van der Waals surface area contributed by atoms with Crippen LogP contribution in [0.25, 0.3) is 0 Å². The molecule has 0 atom stereocenters. The van der Waals surface area contributed by atoms with E-state index in [0.717, 1.165) is 38.2 Å². The fourth-order valence-corrected chi connectivity index (χ4v) is 2.00. The zero-order chi connectivity index (χ0) is 12.7. The molecule has 0 aliphatic heterocycles. The lowest BCUT2D eigenvalue weighted by Crippen LogP contribution is -2.47. The molecule has 0 amide bonds. The van der Waals surface area contributed by atoms with Crippen molar-refractivity contribution in [2.75, 3.05) is 6.61 Å². The topological polar surface area (TPSA) is 50.1 Å². The van der Waals surface area contributed by atoms with E-state index in [0.29, 0.717) is 0 Å². The van der Waals surface area contributed by atoms with Crippen LogP contribution in [-0.4, -0.2) is 26.8 Å². The van der Waals surface area contributed by atoms with Crippen molar-refractivity contribution in [1.29, 1.82) is 0 Å². The maximum absolute atomic E-state index is 9.49. The van der Waals surface area contributed by atoms with Gasteiger partial charge in [0.25, 0.3) is 0 Å². The highest BCUT2D eigenvalue weighted by molar-refractivity contribution is 4.95. The van der Waals surface area contributed by atoms with Crippen LogP contribution in [0.5, 0.6) is 0 Å². The molecule has 0 radical (unpaired) electrons. The molecular weight excluding hydrogens is 214 g/mol. The monoisotopic (exact) mass is 239 g/mol. The average Bonchev–Trinajstić information content (AvgIpc) is 2.80. The predicted molar refractivity (Wildman–Crippen MR) is 69.8 cm³/mol. The van der Waals surface area contributed by atoms with Crippen LogP contribution in [0.3, 0.4) is 0 Å². The first-order chi connectivity index (χ1) is 8.21. The quantitative estimate of drug-likeness (QED) is 0.729. The Bertz CT molecular complexity index is 310. The van der Waals surface area contributed by atoms with E-state index < -0.39 is 0 Å². The van der Waals surface area contributed by atoms with E-state index in [1.807, 2.05) is 12.4 Å². The molecule has 0 aliphatic carbocycles. The van der Waals surface area contributed by atoms with E-state index >= 15 is 0 Å². The zero-order valence-electron chi connectivity index (χ0n) is 11.2. The summed E-state index contributed by atoms with van der Waals surface area (Å²) in [6, 6.07) is 0. The van der Waals surface area contributed by atoms with Crippen molar-refractivity contribution in [3.05, 3.63) is 18.2 Å². The Balaban J connectivity index is 2.62. The summed E-state index contributed by atoms with van der Waals surface area (Å²) in [4.78, 5) is 4.36. The van der Waals surface area contributed by atoms with Crippen LogP contribution >= 0.6 is 0 Å². The molecule has 0 unspecified atom stereocenters. The summed E-state index contributed by atoms with van der Waals surface area (Å²) in [5, 5.41) is 12.9. The van der Waals surface area contributed by atoms with Crippen LogP contribution in [0, 0.1) is 0 Å². The largest absolute Gasteiger partial charge is 0.394 e. The van der Waals surface area contributed by atoms with Crippen molar-refractivity contribution < 1.29 is 5.11 Å². The number of hydrogen-bond donors (Lipinski definition) is 2. The number of nitrogens with zero attached hydrogens (tertiary/aromatic N) is 2. The van der Waals surface area contributed by atoms with Gasteiger partial charge < -0.3 is 15.0 Å². The SMILES string of the molecule is CCCn1ccnc1CNC(CC)(CC)CO. The van der Waals surface area contributed by atoms with Gasteiger partial charge in [-0.05, 0) is 19.3 Å². The minimum absolute atomic E-state index is 0.164. The van der Waals surface area contributed by atoms with E-state index in [4.69, 9.17) is 0 Å². The number of hydrogen-bond acceptors (Lipinski definition) is 3. The van der Waals surface area contributed by atoms with Crippen LogP contribution in [0.1, 0.15) is 45.9 Å². The highest BCUT2D eigenvalue weighted by atomic mass is 16.3. The van der Waals surface area contributed by atoms with Gasteiger partial charge in [0.05, 0.1) is 13.2 Å². The smallest absolute Gasteiger partial charge is 0.122 e. The average molecular weight is 239 g/mol.